The molecule has 1 aromatic carbocycles. The SMILES string of the molecule is CCOC(=O)CC=NNc1ccccc1Cl. The molecule has 0 radical (unpaired) electrons. The summed E-state index contributed by atoms with van der Waals surface area (Å²) in [5, 5.41) is 4.44. The van der Waals surface area contributed by atoms with Crippen LogP contribution in [0.5, 0.6) is 0 Å². The van der Waals surface area contributed by atoms with Crippen molar-refractivity contribution >= 4 is 29.5 Å². The number of hydrogen-bond donors (Lipinski definition) is 1. The van der Waals surface area contributed by atoms with E-state index in [1.807, 2.05) is 12.1 Å². The Morgan fingerprint density at radius 3 is 3.00 bits per heavy atom. The Balaban J connectivity index is 2.37. The van der Waals surface area contributed by atoms with Crippen molar-refractivity contribution < 1.29 is 9.53 Å². The molecule has 0 heterocycles. The molecule has 4 nitrogen and oxygen atoms in total. The van der Waals surface area contributed by atoms with E-state index in [0.29, 0.717) is 17.3 Å². The van der Waals surface area contributed by atoms with Crippen LogP contribution in [0.1, 0.15) is 13.3 Å². The van der Waals surface area contributed by atoms with Crippen molar-refractivity contribution in [3.63, 3.8) is 0 Å². The van der Waals surface area contributed by atoms with E-state index in [-0.39, 0.29) is 12.4 Å². The predicted molar refractivity (Wildman–Crippen MR) is 64.8 cm³/mol. The first kappa shape index (κ1) is 12.5. The maximum atomic E-state index is 11.0. The van der Waals surface area contributed by atoms with E-state index >= 15 is 0 Å². The zero-order valence-electron chi connectivity index (χ0n) is 8.94. The lowest BCUT2D eigenvalue weighted by Crippen LogP contribution is -2.04. The highest BCUT2D eigenvalue weighted by atomic mass is 35.5. The number of nitrogens with one attached hydrogen (secondary N) is 1. The molecule has 0 spiro atoms. The van der Waals surface area contributed by atoms with Gasteiger partial charge in [0.1, 0.15) is 0 Å². The largest absolute Gasteiger partial charge is 0.466 e. The van der Waals surface area contributed by atoms with Crippen molar-refractivity contribution in [3.05, 3.63) is 29.3 Å². The molecule has 0 bridgehead atoms. The van der Waals surface area contributed by atoms with E-state index in [2.05, 4.69) is 10.5 Å². The minimum Gasteiger partial charge on any atom is -0.466 e. The topological polar surface area (TPSA) is 50.7 Å². The van der Waals surface area contributed by atoms with Crippen LogP contribution in [-0.4, -0.2) is 18.8 Å². The minimum atomic E-state index is -0.299. The molecule has 0 atom stereocenters. The van der Waals surface area contributed by atoms with Gasteiger partial charge in [-0.2, -0.15) is 5.10 Å². The average Bonchev–Trinajstić information content (AvgIpc) is 2.27. The van der Waals surface area contributed by atoms with E-state index in [4.69, 9.17) is 16.3 Å². The molecule has 0 saturated carbocycles. The molecule has 0 aliphatic rings. The summed E-state index contributed by atoms with van der Waals surface area (Å²) in [6, 6.07) is 7.22. The maximum Gasteiger partial charge on any atom is 0.311 e. The van der Waals surface area contributed by atoms with Crippen molar-refractivity contribution in [2.24, 2.45) is 5.10 Å². The van der Waals surface area contributed by atoms with Gasteiger partial charge in [-0.1, -0.05) is 23.7 Å². The average molecular weight is 241 g/mol. The third kappa shape index (κ3) is 4.31. The van der Waals surface area contributed by atoms with Crippen LogP contribution in [0, 0.1) is 0 Å². The van der Waals surface area contributed by atoms with E-state index < -0.39 is 0 Å². The molecule has 1 rings (SSSR count). The molecular formula is C11H13ClN2O2. The Bertz CT molecular complexity index is 380. The zero-order valence-corrected chi connectivity index (χ0v) is 9.70. The van der Waals surface area contributed by atoms with Gasteiger partial charge in [-0.05, 0) is 19.1 Å². The Labute approximate surface area is 99.2 Å². The van der Waals surface area contributed by atoms with Crippen LogP contribution in [0.25, 0.3) is 0 Å². The quantitative estimate of drug-likeness (QED) is 0.489. The number of para-hydroxylation sites is 1. The summed E-state index contributed by atoms with van der Waals surface area (Å²) in [4.78, 5) is 11.0. The van der Waals surface area contributed by atoms with Gasteiger partial charge in [-0.15, -0.1) is 0 Å². The molecule has 0 aromatic heterocycles. The van der Waals surface area contributed by atoms with Crippen LogP contribution in [-0.2, 0) is 9.53 Å². The molecular weight excluding hydrogens is 228 g/mol. The van der Waals surface area contributed by atoms with Gasteiger partial charge < -0.3 is 4.74 Å². The first-order valence-corrected chi connectivity index (χ1v) is 5.29. The van der Waals surface area contributed by atoms with Gasteiger partial charge in [0.2, 0.25) is 0 Å². The van der Waals surface area contributed by atoms with Crippen LogP contribution in [0.15, 0.2) is 29.4 Å². The number of nitrogens with zero attached hydrogens (tertiary/aromatic N) is 1. The predicted octanol–water partition coefficient (Wildman–Crippen LogP) is 2.69. The molecule has 0 saturated heterocycles. The second-order valence-electron chi connectivity index (χ2n) is 2.91. The second-order valence-corrected chi connectivity index (χ2v) is 3.32. The number of hydrogen-bond acceptors (Lipinski definition) is 4. The summed E-state index contributed by atoms with van der Waals surface area (Å²) < 4.78 is 4.73. The number of carbonyl (C=O) groups excluding carboxylic acids is 1. The van der Waals surface area contributed by atoms with Crippen LogP contribution in [0.3, 0.4) is 0 Å². The van der Waals surface area contributed by atoms with Gasteiger partial charge in [0.05, 0.1) is 23.7 Å². The Morgan fingerprint density at radius 2 is 2.31 bits per heavy atom. The van der Waals surface area contributed by atoms with Gasteiger partial charge in [-0.25, -0.2) is 0 Å². The number of carbonyl (C=O) groups is 1. The van der Waals surface area contributed by atoms with Gasteiger partial charge in [0.15, 0.2) is 0 Å². The lowest BCUT2D eigenvalue weighted by atomic mass is 10.3. The maximum absolute atomic E-state index is 11.0. The highest BCUT2D eigenvalue weighted by Gasteiger charge is 1.98. The Morgan fingerprint density at radius 1 is 1.56 bits per heavy atom. The highest BCUT2D eigenvalue weighted by Crippen LogP contribution is 2.19. The van der Waals surface area contributed by atoms with Gasteiger partial charge in [0.25, 0.3) is 0 Å². The fourth-order valence-electron chi connectivity index (χ4n) is 1.01. The molecule has 16 heavy (non-hydrogen) atoms. The third-order valence-electron chi connectivity index (χ3n) is 1.71. The lowest BCUT2D eigenvalue weighted by molar-refractivity contribution is -0.141. The molecule has 5 heteroatoms. The summed E-state index contributed by atoms with van der Waals surface area (Å²) in [7, 11) is 0. The number of ether oxygens (including phenoxy) is 1. The fraction of sp³-hybridized carbons (Fsp3) is 0.273. The van der Waals surface area contributed by atoms with E-state index in [1.165, 1.54) is 6.21 Å². The highest BCUT2D eigenvalue weighted by molar-refractivity contribution is 6.33. The van der Waals surface area contributed by atoms with E-state index in [0.717, 1.165) is 0 Å². The molecule has 0 amide bonds. The fourth-order valence-corrected chi connectivity index (χ4v) is 1.19. The first-order chi connectivity index (χ1) is 7.74. The molecule has 1 N–H and O–H groups in total. The van der Waals surface area contributed by atoms with E-state index in [1.54, 1.807) is 19.1 Å². The van der Waals surface area contributed by atoms with Gasteiger partial charge in [0, 0.05) is 6.21 Å². The minimum absolute atomic E-state index is 0.144. The van der Waals surface area contributed by atoms with Crippen LogP contribution >= 0.6 is 11.6 Å². The summed E-state index contributed by atoms with van der Waals surface area (Å²) in [6.07, 6.45) is 1.59. The number of rotatable bonds is 5. The Hall–Kier alpha value is -1.55. The zero-order chi connectivity index (χ0) is 11.8. The summed E-state index contributed by atoms with van der Waals surface area (Å²) in [5.74, 6) is -0.299. The number of hydrazone groups is 1. The smallest absolute Gasteiger partial charge is 0.311 e. The van der Waals surface area contributed by atoms with Crippen molar-refractivity contribution in [3.8, 4) is 0 Å². The van der Waals surface area contributed by atoms with Gasteiger partial charge in [-0.3, -0.25) is 10.2 Å². The number of anilines is 1. The van der Waals surface area contributed by atoms with Crippen molar-refractivity contribution in [1.29, 1.82) is 0 Å². The molecule has 0 unspecified atom stereocenters. The van der Waals surface area contributed by atoms with Crippen molar-refractivity contribution in [2.45, 2.75) is 13.3 Å². The van der Waals surface area contributed by atoms with Crippen LogP contribution in [0.2, 0.25) is 5.02 Å². The Kier molecular flexibility index (Phi) is 5.36. The van der Waals surface area contributed by atoms with Crippen LogP contribution in [0.4, 0.5) is 5.69 Å². The monoisotopic (exact) mass is 240 g/mol. The number of benzene rings is 1. The molecule has 0 fully saturated rings. The number of esters is 1. The molecule has 0 aliphatic carbocycles. The summed E-state index contributed by atoms with van der Waals surface area (Å²) in [5.41, 5.74) is 3.44. The van der Waals surface area contributed by atoms with E-state index in [9.17, 15) is 4.79 Å². The first-order valence-electron chi connectivity index (χ1n) is 4.91. The summed E-state index contributed by atoms with van der Waals surface area (Å²) in [6.45, 7) is 2.14. The summed E-state index contributed by atoms with van der Waals surface area (Å²) >= 11 is 5.89. The van der Waals surface area contributed by atoms with Crippen LogP contribution < -0.4 is 5.43 Å². The second kappa shape index (κ2) is 6.85. The van der Waals surface area contributed by atoms with Gasteiger partial charge >= 0.3 is 5.97 Å². The lowest BCUT2D eigenvalue weighted by Gasteiger charge is -2.01. The number of halogens is 1. The van der Waals surface area contributed by atoms with Crippen molar-refractivity contribution in [1.82, 2.24) is 0 Å². The van der Waals surface area contributed by atoms with Crippen molar-refractivity contribution in [2.75, 3.05) is 12.0 Å². The molecule has 1 aromatic rings. The molecule has 0 aliphatic heterocycles. The third-order valence-corrected chi connectivity index (χ3v) is 2.04. The standard InChI is InChI=1S/C11H13ClN2O2/c1-2-16-11(15)7-8-13-14-10-6-4-3-5-9(10)12/h3-6,8,14H,2,7H2,1H3. The normalized spacial score (nSPS) is 10.4. The molecule has 86 valence electrons.